The van der Waals surface area contributed by atoms with Crippen molar-refractivity contribution in [3.63, 3.8) is 0 Å². The fraction of sp³-hybridized carbons (Fsp3) is 0.353. The van der Waals surface area contributed by atoms with Gasteiger partial charge >= 0.3 is 5.97 Å². The van der Waals surface area contributed by atoms with Crippen LogP contribution in [0.5, 0.6) is 0 Å². The van der Waals surface area contributed by atoms with Gasteiger partial charge in [0, 0.05) is 0 Å². The molecule has 0 radical (unpaired) electrons. The van der Waals surface area contributed by atoms with Crippen LogP contribution in [0.15, 0.2) is 30.5 Å². The van der Waals surface area contributed by atoms with E-state index in [1.54, 1.807) is 25.5 Å². The largest absolute Gasteiger partial charge is 0.480 e. The molecule has 1 amide bonds. The lowest BCUT2D eigenvalue weighted by Gasteiger charge is -2.17. The zero-order valence-electron chi connectivity index (χ0n) is 13.7. The van der Waals surface area contributed by atoms with Crippen LogP contribution in [0.4, 0.5) is 0 Å². The Morgan fingerprint density at radius 1 is 1.22 bits per heavy atom. The molecule has 0 saturated heterocycles. The number of carbonyl (C=O) groups excluding carboxylic acids is 1. The number of amides is 1. The number of hydrogen-bond acceptors (Lipinski definition) is 3. The van der Waals surface area contributed by atoms with Gasteiger partial charge in [0.25, 0.3) is 5.91 Å². The van der Waals surface area contributed by atoms with Crippen molar-refractivity contribution in [2.24, 2.45) is 5.92 Å². The Bertz CT molecular complexity index is 734. The molecular weight excluding hydrogens is 294 g/mol. The van der Waals surface area contributed by atoms with Gasteiger partial charge in [0.2, 0.25) is 0 Å². The van der Waals surface area contributed by atoms with Crippen LogP contribution in [0.3, 0.4) is 0 Å². The van der Waals surface area contributed by atoms with Gasteiger partial charge in [0.15, 0.2) is 0 Å². The van der Waals surface area contributed by atoms with Gasteiger partial charge in [-0.1, -0.05) is 32.0 Å². The molecule has 1 aromatic carbocycles. The van der Waals surface area contributed by atoms with Gasteiger partial charge in [-0.2, -0.15) is 5.10 Å². The number of hydrogen-bond donors (Lipinski definition) is 2. The Kier molecular flexibility index (Phi) is 4.83. The fourth-order valence-electron chi connectivity index (χ4n) is 2.41. The lowest BCUT2D eigenvalue weighted by atomic mass is 10.0. The molecule has 1 heterocycles. The number of benzene rings is 1. The van der Waals surface area contributed by atoms with Crippen LogP contribution in [0.2, 0.25) is 0 Å². The molecule has 0 spiro atoms. The predicted molar refractivity (Wildman–Crippen MR) is 86.8 cm³/mol. The summed E-state index contributed by atoms with van der Waals surface area (Å²) >= 11 is 0. The second-order valence-corrected chi connectivity index (χ2v) is 5.88. The fourth-order valence-corrected chi connectivity index (χ4v) is 2.41. The highest BCUT2D eigenvalue weighted by Gasteiger charge is 2.25. The Morgan fingerprint density at radius 2 is 1.87 bits per heavy atom. The first-order chi connectivity index (χ1) is 10.8. The number of carboxylic acids is 1. The summed E-state index contributed by atoms with van der Waals surface area (Å²) in [7, 11) is 0. The minimum Gasteiger partial charge on any atom is -0.480 e. The normalized spacial score (nSPS) is 12.2. The van der Waals surface area contributed by atoms with Gasteiger partial charge in [0.05, 0.1) is 23.1 Å². The second kappa shape index (κ2) is 6.64. The topological polar surface area (TPSA) is 84.2 Å². The summed E-state index contributed by atoms with van der Waals surface area (Å²) in [5.41, 5.74) is 2.98. The van der Waals surface area contributed by atoms with E-state index < -0.39 is 17.9 Å². The minimum absolute atomic E-state index is 0.205. The monoisotopic (exact) mass is 315 g/mol. The molecule has 0 aliphatic rings. The second-order valence-electron chi connectivity index (χ2n) is 5.88. The summed E-state index contributed by atoms with van der Waals surface area (Å²) in [5, 5.41) is 16.0. The van der Waals surface area contributed by atoms with Gasteiger partial charge in [-0.25, -0.2) is 9.48 Å². The van der Waals surface area contributed by atoms with Crippen LogP contribution in [-0.2, 0) is 4.79 Å². The van der Waals surface area contributed by atoms with Gasteiger partial charge in [-0.3, -0.25) is 4.79 Å². The van der Waals surface area contributed by atoms with Crippen molar-refractivity contribution in [1.29, 1.82) is 0 Å². The summed E-state index contributed by atoms with van der Waals surface area (Å²) in [6.45, 7) is 7.26. The molecule has 0 fully saturated rings. The number of carbonyl (C=O) groups is 2. The molecule has 2 aromatic rings. The minimum atomic E-state index is -1.04. The zero-order valence-corrected chi connectivity index (χ0v) is 13.7. The summed E-state index contributed by atoms with van der Waals surface area (Å²) in [6, 6.07) is 6.80. The SMILES string of the molecule is Cc1ccccc1-n1ncc(C(=O)NC(C(=O)O)C(C)C)c1C. The quantitative estimate of drug-likeness (QED) is 0.887. The Balaban J connectivity index is 2.31. The van der Waals surface area contributed by atoms with E-state index in [1.165, 1.54) is 6.20 Å². The molecule has 1 atom stereocenters. The average molecular weight is 315 g/mol. The molecule has 0 aliphatic carbocycles. The Labute approximate surface area is 135 Å². The van der Waals surface area contributed by atoms with Crippen molar-refractivity contribution in [3.8, 4) is 5.69 Å². The average Bonchev–Trinajstić information content (AvgIpc) is 2.86. The summed E-state index contributed by atoms with van der Waals surface area (Å²) in [4.78, 5) is 23.6. The van der Waals surface area contributed by atoms with Crippen molar-refractivity contribution in [2.75, 3.05) is 0 Å². The highest BCUT2D eigenvalue weighted by Crippen LogP contribution is 2.17. The number of aromatic nitrogens is 2. The standard InChI is InChI=1S/C17H21N3O3/c1-10(2)15(17(22)23)19-16(21)13-9-18-20(12(13)4)14-8-6-5-7-11(14)3/h5-10,15H,1-4H3,(H,19,21)(H,22,23). The van der Waals surface area contributed by atoms with Crippen LogP contribution in [0.25, 0.3) is 5.69 Å². The molecule has 0 saturated carbocycles. The maximum Gasteiger partial charge on any atom is 0.326 e. The third kappa shape index (κ3) is 3.41. The molecule has 1 aromatic heterocycles. The Morgan fingerprint density at radius 3 is 2.43 bits per heavy atom. The van der Waals surface area contributed by atoms with E-state index in [9.17, 15) is 14.7 Å². The highest BCUT2D eigenvalue weighted by atomic mass is 16.4. The maximum absolute atomic E-state index is 12.4. The molecule has 0 bridgehead atoms. The first kappa shape index (κ1) is 16.7. The lowest BCUT2D eigenvalue weighted by molar-refractivity contribution is -0.140. The predicted octanol–water partition coefficient (Wildman–Crippen LogP) is 2.33. The maximum atomic E-state index is 12.4. The number of aliphatic carboxylic acids is 1. The van der Waals surface area contributed by atoms with Crippen LogP contribution in [0, 0.1) is 19.8 Å². The van der Waals surface area contributed by atoms with Crippen LogP contribution in [0.1, 0.15) is 35.5 Å². The summed E-state index contributed by atoms with van der Waals surface area (Å²) in [6.07, 6.45) is 1.47. The van der Waals surface area contributed by atoms with E-state index in [2.05, 4.69) is 10.4 Å². The number of carboxylic acid groups (broad SMARTS) is 1. The Hall–Kier alpha value is -2.63. The van der Waals surface area contributed by atoms with Crippen molar-refractivity contribution in [3.05, 3.63) is 47.3 Å². The summed E-state index contributed by atoms with van der Waals surface area (Å²) < 4.78 is 1.69. The van der Waals surface area contributed by atoms with E-state index in [0.29, 0.717) is 11.3 Å². The molecule has 23 heavy (non-hydrogen) atoms. The molecular formula is C17H21N3O3. The summed E-state index contributed by atoms with van der Waals surface area (Å²) in [5.74, 6) is -1.68. The molecule has 2 rings (SSSR count). The van der Waals surface area contributed by atoms with E-state index in [-0.39, 0.29) is 5.92 Å². The first-order valence-corrected chi connectivity index (χ1v) is 7.47. The van der Waals surface area contributed by atoms with E-state index in [4.69, 9.17) is 0 Å². The van der Waals surface area contributed by atoms with Crippen molar-refractivity contribution in [2.45, 2.75) is 33.7 Å². The smallest absolute Gasteiger partial charge is 0.326 e. The number of aryl methyl sites for hydroxylation is 1. The first-order valence-electron chi connectivity index (χ1n) is 7.47. The van der Waals surface area contributed by atoms with Crippen molar-refractivity contribution < 1.29 is 14.7 Å². The van der Waals surface area contributed by atoms with Crippen molar-refractivity contribution >= 4 is 11.9 Å². The van der Waals surface area contributed by atoms with Crippen LogP contribution >= 0.6 is 0 Å². The molecule has 0 aliphatic heterocycles. The van der Waals surface area contributed by atoms with Gasteiger partial charge in [-0.05, 0) is 31.4 Å². The van der Waals surface area contributed by atoms with Crippen LogP contribution < -0.4 is 5.32 Å². The molecule has 122 valence electrons. The number of nitrogens with one attached hydrogen (secondary N) is 1. The van der Waals surface area contributed by atoms with Gasteiger partial charge in [0.1, 0.15) is 6.04 Å². The number of nitrogens with zero attached hydrogens (tertiary/aromatic N) is 2. The molecule has 1 unspecified atom stereocenters. The van der Waals surface area contributed by atoms with E-state index >= 15 is 0 Å². The van der Waals surface area contributed by atoms with Crippen molar-refractivity contribution in [1.82, 2.24) is 15.1 Å². The molecule has 6 nitrogen and oxygen atoms in total. The van der Waals surface area contributed by atoms with E-state index in [0.717, 1.165) is 11.3 Å². The molecule has 6 heteroatoms. The molecule has 2 N–H and O–H groups in total. The number of para-hydroxylation sites is 1. The number of rotatable bonds is 5. The third-order valence-electron chi connectivity index (χ3n) is 3.82. The zero-order chi connectivity index (χ0) is 17.1. The highest BCUT2D eigenvalue weighted by molar-refractivity contribution is 5.97. The van der Waals surface area contributed by atoms with E-state index in [1.807, 2.05) is 31.2 Å². The third-order valence-corrected chi connectivity index (χ3v) is 3.82. The van der Waals surface area contributed by atoms with Gasteiger partial charge < -0.3 is 10.4 Å². The van der Waals surface area contributed by atoms with Crippen LogP contribution in [-0.4, -0.2) is 32.8 Å². The lowest BCUT2D eigenvalue weighted by Crippen LogP contribution is -2.44. The van der Waals surface area contributed by atoms with Gasteiger partial charge in [-0.15, -0.1) is 0 Å².